The monoisotopic (exact) mass is 492 g/mol. The van der Waals surface area contributed by atoms with Crippen LogP contribution in [0.1, 0.15) is 56.3 Å². The number of nitrogens with one attached hydrogen (secondary N) is 2. The van der Waals surface area contributed by atoms with Crippen LogP contribution in [0, 0.1) is 0 Å². The van der Waals surface area contributed by atoms with E-state index in [4.69, 9.17) is 10.2 Å². The number of rotatable bonds is 4. The molecule has 0 aromatic carbocycles. The fraction of sp³-hybridized carbons (Fsp3) is 0.643. The molecule has 2 unspecified atom stereocenters. The quantitative estimate of drug-likeness (QED) is 0.684. The Bertz CT molecular complexity index is 970. The Hall–Kier alpha value is -2.42. The number of hydrogen-bond acceptors (Lipinski definition) is 6. The summed E-state index contributed by atoms with van der Waals surface area (Å²) in [7, 11) is 0. The summed E-state index contributed by atoms with van der Waals surface area (Å²) in [6.07, 6.45) is 21.8. The van der Waals surface area contributed by atoms with Crippen LogP contribution >= 0.6 is 0 Å². The van der Waals surface area contributed by atoms with Crippen molar-refractivity contribution in [1.82, 2.24) is 40.0 Å². The number of piperidine rings is 1. The highest BCUT2D eigenvalue weighted by molar-refractivity contribution is 5.13. The van der Waals surface area contributed by atoms with Crippen LogP contribution in [0.3, 0.4) is 0 Å². The highest BCUT2D eigenvalue weighted by Crippen LogP contribution is 2.14. The molecule has 196 valence electrons. The van der Waals surface area contributed by atoms with Crippen molar-refractivity contribution in [1.29, 1.82) is 0 Å². The topological polar surface area (TPSA) is 66.2 Å². The predicted octanol–water partition coefficient (Wildman–Crippen LogP) is 3.14. The lowest BCUT2D eigenvalue weighted by atomic mass is 10.0. The smallest absolute Gasteiger partial charge is 0.0764 e. The van der Waals surface area contributed by atoms with Gasteiger partial charge in [0.2, 0.25) is 0 Å². The van der Waals surface area contributed by atoms with Gasteiger partial charge in [-0.3, -0.25) is 19.2 Å². The van der Waals surface area contributed by atoms with Crippen LogP contribution in [-0.4, -0.2) is 74.2 Å². The molecule has 36 heavy (non-hydrogen) atoms. The summed E-state index contributed by atoms with van der Waals surface area (Å²) in [5.41, 5.74) is 2.34. The summed E-state index contributed by atoms with van der Waals surface area (Å²) >= 11 is 0. The number of aromatic nitrogens is 4. The zero-order chi connectivity index (χ0) is 24.4. The van der Waals surface area contributed by atoms with E-state index in [1.54, 1.807) is 0 Å². The van der Waals surface area contributed by atoms with E-state index >= 15 is 0 Å². The maximum atomic E-state index is 4.90. The van der Waals surface area contributed by atoms with Crippen molar-refractivity contribution in [2.45, 2.75) is 83.2 Å². The van der Waals surface area contributed by atoms with Gasteiger partial charge >= 0.3 is 0 Å². The molecular formula is C28H44N8. The molecule has 0 aliphatic carbocycles. The summed E-state index contributed by atoms with van der Waals surface area (Å²) in [5, 5.41) is 17.0. The fourth-order valence-electron chi connectivity index (χ4n) is 5.65. The minimum Gasteiger partial charge on any atom is -0.383 e. The van der Waals surface area contributed by atoms with Gasteiger partial charge in [0.15, 0.2) is 0 Å². The molecule has 8 heteroatoms. The van der Waals surface area contributed by atoms with E-state index in [1.165, 1.54) is 57.2 Å². The molecule has 3 aliphatic heterocycles. The van der Waals surface area contributed by atoms with Gasteiger partial charge in [-0.25, -0.2) is 0 Å². The average Bonchev–Trinajstić information content (AvgIpc) is 3.54. The van der Waals surface area contributed by atoms with Crippen molar-refractivity contribution >= 4 is 0 Å². The third-order valence-corrected chi connectivity index (χ3v) is 7.63. The summed E-state index contributed by atoms with van der Waals surface area (Å²) in [6.45, 7) is 9.12. The third kappa shape index (κ3) is 7.79. The molecule has 4 bridgehead atoms. The number of hydrogen-bond donors (Lipinski definition) is 2. The van der Waals surface area contributed by atoms with Crippen molar-refractivity contribution in [3.8, 4) is 0 Å². The second-order valence-electron chi connectivity index (χ2n) is 10.7. The number of nitrogens with zero attached hydrogens (tertiary/aromatic N) is 6. The van der Waals surface area contributed by atoms with Gasteiger partial charge in [-0.15, -0.1) is 0 Å². The van der Waals surface area contributed by atoms with Crippen LogP contribution in [0.4, 0.5) is 0 Å². The van der Waals surface area contributed by atoms with Gasteiger partial charge in [0.05, 0.1) is 30.5 Å². The minimum atomic E-state index is 0.367. The first-order valence-electron chi connectivity index (χ1n) is 14.1. The molecule has 1 fully saturated rings. The van der Waals surface area contributed by atoms with E-state index in [1.807, 2.05) is 0 Å². The molecule has 0 amide bonds. The molecule has 0 spiro atoms. The predicted molar refractivity (Wildman–Crippen MR) is 144 cm³/mol. The molecule has 5 rings (SSSR count). The summed E-state index contributed by atoms with van der Waals surface area (Å²) in [5.74, 6) is 0. The summed E-state index contributed by atoms with van der Waals surface area (Å²) in [4.78, 5) is 5.21. The van der Waals surface area contributed by atoms with Crippen LogP contribution in [0.2, 0.25) is 0 Å². The molecule has 8 nitrogen and oxygen atoms in total. The lowest BCUT2D eigenvalue weighted by Gasteiger charge is -2.30. The molecule has 2 aromatic heterocycles. The van der Waals surface area contributed by atoms with Crippen molar-refractivity contribution in [3.63, 3.8) is 0 Å². The molecule has 2 N–H and O–H groups in total. The SMILES string of the molecule is C1=CNC(CN2CCCCCCN(CC3CCCCN3)Cc3ccn(n3)CCn3ccc(n3)C2)C=C1. The highest BCUT2D eigenvalue weighted by Gasteiger charge is 2.18. The van der Waals surface area contributed by atoms with Crippen LogP contribution in [0.25, 0.3) is 0 Å². The van der Waals surface area contributed by atoms with E-state index in [0.717, 1.165) is 58.1 Å². The Morgan fingerprint density at radius 3 is 2.06 bits per heavy atom. The number of aryl methyl sites for hydroxylation is 2. The van der Waals surface area contributed by atoms with E-state index in [9.17, 15) is 0 Å². The number of fused-ring (bicyclic) bond motifs is 4. The molecule has 1 saturated heterocycles. The third-order valence-electron chi connectivity index (χ3n) is 7.63. The molecule has 5 heterocycles. The lowest BCUT2D eigenvalue weighted by molar-refractivity contribution is 0.208. The van der Waals surface area contributed by atoms with Gasteiger partial charge in [-0.1, -0.05) is 31.4 Å². The van der Waals surface area contributed by atoms with Gasteiger partial charge in [0.25, 0.3) is 0 Å². The van der Waals surface area contributed by atoms with E-state index in [0.29, 0.717) is 12.1 Å². The second kappa shape index (κ2) is 13.2. The molecule has 0 saturated carbocycles. The molecule has 2 aromatic rings. The van der Waals surface area contributed by atoms with Crippen LogP contribution in [-0.2, 0) is 26.2 Å². The Morgan fingerprint density at radius 2 is 1.44 bits per heavy atom. The Kier molecular flexibility index (Phi) is 9.27. The summed E-state index contributed by atoms with van der Waals surface area (Å²) < 4.78 is 4.15. The van der Waals surface area contributed by atoms with Gasteiger partial charge in [-0.2, -0.15) is 10.2 Å². The van der Waals surface area contributed by atoms with Gasteiger partial charge in [0, 0.05) is 44.6 Å². The van der Waals surface area contributed by atoms with Crippen molar-refractivity contribution < 1.29 is 0 Å². The van der Waals surface area contributed by atoms with Crippen molar-refractivity contribution in [3.05, 3.63) is 60.3 Å². The number of allylic oxidation sites excluding steroid dienone is 2. The molecule has 0 radical (unpaired) electrons. The summed E-state index contributed by atoms with van der Waals surface area (Å²) in [6, 6.07) is 5.37. The van der Waals surface area contributed by atoms with Gasteiger partial charge in [-0.05, 0) is 69.7 Å². The molecular weight excluding hydrogens is 448 g/mol. The Labute approximate surface area is 216 Å². The van der Waals surface area contributed by atoms with E-state index in [-0.39, 0.29) is 0 Å². The van der Waals surface area contributed by atoms with Gasteiger partial charge < -0.3 is 10.6 Å². The first-order chi connectivity index (χ1) is 17.8. The van der Waals surface area contributed by atoms with Gasteiger partial charge in [0.1, 0.15) is 0 Å². The zero-order valence-corrected chi connectivity index (χ0v) is 21.8. The fourth-order valence-corrected chi connectivity index (χ4v) is 5.65. The highest BCUT2D eigenvalue weighted by atomic mass is 15.3. The van der Waals surface area contributed by atoms with Crippen molar-refractivity contribution in [2.75, 3.05) is 32.7 Å². The van der Waals surface area contributed by atoms with Crippen molar-refractivity contribution in [2.24, 2.45) is 0 Å². The zero-order valence-electron chi connectivity index (χ0n) is 21.8. The Morgan fingerprint density at radius 1 is 0.750 bits per heavy atom. The molecule has 3 aliphatic rings. The minimum absolute atomic E-state index is 0.367. The Balaban J connectivity index is 1.24. The maximum Gasteiger partial charge on any atom is 0.0764 e. The first kappa shape index (κ1) is 25.2. The largest absolute Gasteiger partial charge is 0.383 e. The average molecular weight is 493 g/mol. The lowest BCUT2D eigenvalue weighted by Crippen LogP contribution is -2.43. The van der Waals surface area contributed by atoms with Crippen LogP contribution in [0.15, 0.2) is 49.0 Å². The standard InChI is InChI=1S/C28H44N8/c1-2-8-16-34(22-26-10-4-6-14-30-26)24-28-12-18-36(32-28)20-19-35-17-11-27(31-35)23-33(15-7-1)21-25-9-3-5-13-29-25/h3,5,9,11-13,17-18,25-26,29-30H,1-2,4,6-8,10,14-16,19-24H2. The molecule has 2 atom stereocenters. The van der Waals surface area contributed by atoms with E-state index < -0.39 is 0 Å². The maximum absolute atomic E-state index is 4.90. The van der Waals surface area contributed by atoms with Crippen LogP contribution < -0.4 is 10.6 Å². The second-order valence-corrected chi connectivity index (χ2v) is 10.7. The van der Waals surface area contributed by atoms with E-state index in [2.05, 4.69) is 78.8 Å². The van der Waals surface area contributed by atoms with Crippen LogP contribution in [0.5, 0.6) is 0 Å². The normalized spacial score (nSPS) is 25.2. The number of dihydropyridines is 1. The first-order valence-corrected chi connectivity index (χ1v) is 14.1.